The Balaban J connectivity index is 2.36. The second-order valence-corrected chi connectivity index (χ2v) is 7.79. The number of amides is 1. The van der Waals surface area contributed by atoms with Gasteiger partial charge in [-0.2, -0.15) is 8.42 Å². The van der Waals surface area contributed by atoms with Crippen LogP contribution in [-0.2, 0) is 14.9 Å². The fourth-order valence-corrected chi connectivity index (χ4v) is 5.55. The van der Waals surface area contributed by atoms with Crippen LogP contribution in [0.1, 0.15) is 33.1 Å². The van der Waals surface area contributed by atoms with E-state index < -0.39 is 15.5 Å². The van der Waals surface area contributed by atoms with E-state index in [0.717, 1.165) is 12.8 Å². The van der Waals surface area contributed by atoms with Crippen LogP contribution < -0.4 is 5.32 Å². The zero-order chi connectivity index (χ0) is 14.5. The van der Waals surface area contributed by atoms with Gasteiger partial charge in [-0.3, -0.25) is 9.35 Å². The molecule has 3 atom stereocenters. The second kappa shape index (κ2) is 4.31. The number of nitrogens with one attached hydrogen (secondary N) is 1. The van der Waals surface area contributed by atoms with E-state index in [1.165, 1.54) is 6.08 Å². The first-order chi connectivity index (χ1) is 8.62. The minimum Gasteiger partial charge on any atom is -0.349 e. The average Bonchev–Trinajstić information content (AvgIpc) is 2.60. The zero-order valence-electron chi connectivity index (χ0n) is 11.3. The molecule has 2 aliphatic carbocycles. The van der Waals surface area contributed by atoms with Gasteiger partial charge in [0.1, 0.15) is 0 Å². The molecule has 108 valence electrons. The summed E-state index contributed by atoms with van der Waals surface area (Å²) in [7, 11) is -4.08. The van der Waals surface area contributed by atoms with Gasteiger partial charge in [-0.1, -0.05) is 20.4 Å². The van der Waals surface area contributed by atoms with Crippen LogP contribution in [0.15, 0.2) is 12.7 Å². The molecule has 1 amide bonds. The third kappa shape index (κ3) is 2.21. The van der Waals surface area contributed by atoms with Gasteiger partial charge in [-0.05, 0) is 36.7 Å². The van der Waals surface area contributed by atoms with Crippen molar-refractivity contribution in [2.75, 3.05) is 5.75 Å². The summed E-state index contributed by atoms with van der Waals surface area (Å²) in [6.07, 6.45) is 3.62. The lowest BCUT2D eigenvalue weighted by molar-refractivity contribution is -0.118. The predicted molar refractivity (Wildman–Crippen MR) is 72.1 cm³/mol. The number of hydrogen-bond donors (Lipinski definition) is 2. The maximum absolute atomic E-state index is 11.5. The Kier molecular flexibility index (Phi) is 3.30. The zero-order valence-corrected chi connectivity index (χ0v) is 12.2. The van der Waals surface area contributed by atoms with E-state index in [9.17, 15) is 17.8 Å². The molecule has 2 N–H and O–H groups in total. The Morgan fingerprint density at radius 1 is 1.53 bits per heavy atom. The summed E-state index contributed by atoms with van der Waals surface area (Å²) in [5.41, 5.74) is -0.786. The lowest BCUT2D eigenvalue weighted by Gasteiger charge is -2.41. The lowest BCUT2D eigenvalue weighted by atomic mass is 9.69. The van der Waals surface area contributed by atoms with E-state index in [1.54, 1.807) is 0 Å². The standard InChI is InChI=1S/C13H21NO4S/c1-4-11(15)14-10-7-9-5-6-13(10,12(9,2)3)8-19(16,17)18/h4,9-10H,1,5-8H2,2-3H3,(H,14,15)(H,16,17,18)/t9-,10-,13-/m1/s1. The molecule has 0 spiro atoms. The number of carbonyl (C=O) groups excluding carboxylic acids is 1. The highest BCUT2D eigenvalue weighted by Crippen LogP contribution is 2.66. The number of rotatable bonds is 4. The third-order valence-electron chi connectivity index (χ3n) is 5.37. The van der Waals surface area contributed by atoms with Crippen molar-refractivity contribution in [3.63, 3.8) is 0 Å². The van der Waals surface area contributed by atoms with Crippen LogP contribution >= 0.6 is 0 Å². The van der Waals surface area contributed by atoms with Gasteiger partial charge >= 0.3 is 0 Å². The van der Waals surface area contributed by atoms with Crippen molar-refractivity contribution in [1.29, 1.82) is 0 Å². The summed E-state index contributed by atoms with van der Waals surface area (Å²) >= 11 is 0. The molecule has 0 heterocycles. The van der Waals surface area contributed by atoms with Crippen molar-refractivity contribution >= 4 is 16.0 Å². The van der Waals surface area contributed by atoms with E-state index in [1.807, 2.05) is 13.8 Å². The van der Waals surface area contributed by atoms with E-state index in [4.69, 9.17) is 0 Å². The highest BCUT2D eigenvalue weighted by molar-refractivity contribution is 7.85. The largest absolute Gasteiger partial charge is 0.349 e. The van der Waals surface area contributed by atoms with Crippen LogP contribution in [0.4, 0.5) is 0 Å². The van der Waals surface area contributed by atoms with Gasteiger partial charge in [0.05, 0.1) is 5.75 Å². The topological polar surface area (TPSA) is 83.5 Å². The maximum atomic E-state index is 11.5. The molecule has 2 bridgehead atoms. The molecule has 2 rings (SSSR count). The third-order valence-corrected chi connectivity index (χ3v) is 6.25. The Labute approximate surface area is 114 Å². The van der Waals surface area contributed by atoms with Crippen molar-refractivity contribution in [2.45, 2.75) is 39.2 Å². The van der Waals surface area contributed by atoms with E-state index in [0.29, 0.717) is 12.3 Å². The number of carbonyl (C=O) groups is 1. The van der Waals surface area contributed by atoms with Gasteiger partial charge < -0.3 is 5.32 Å². The fraction of sp³-hybridized carbons (Fsp3) is 0.769. The van der Waals surface area contributed by atoms with Crippen LogP contribution in [0.5, 0.6) is 0 Å². The first-order valence-corrected chi connectivity index (χ1v) is 8.11. The summed E-state index contributed by atoms with van der Waals surface area (Å²) in [6, 6.07) is -0.214. The first kappa shape index (κ1) is 14.5. The van der Waals surface area contributed by atoms with Crippen molar-refractivity contribution in [1.82, 2.24) is 5.32 Å². The maximum Gasteiger partial charge on any atom is 0.265 e. The van der Waals surface area contributed by atoms with Gasteiger partial charge in [0.2, 0.25) is 5.91 Å². The molecular weight excluding hydrogens is 266 g/mol. The smallest absolute Gasteiger partial charge is 0.265 e. The van der Waals surface area contributed by atoms with Crippen molar-refractivity contribution in [2.24, 2.45) is 16.7 Å². The van der Waals surface area contributed by atoms with Crippen molar-refractivity contribution in [3.8, 4) is 0 Å². The van der Waals surface area contributed by atoms with Crippen molar-refractivity contribution in [3.05, 3.63) is 12.7 Å². The van der Waals surface area contributed by atoms with Gasteiger partial charge in [-0.25, -0.2) is 0 Å². The quantitative estimate of drug-likeness (QED) is 0.604. The first-order valence-electron chi connectivity index (χ1n) is 6.50. The van der Waals surface area contributed by atoms with E-state index >= 15 is 0 Å². The second-order valence-electron chi connectivity index (χ2n) is 6.34. The van der Waals surface area contributed by atoms with Crippen LogP contribution in [0, 0.1) is 16.7 Å². The average molecular weight is 287 g/mol. The lowest BCUT2D eigenvalue weighted by Crippen LogP contribution is -2.51. The summed E-state index contributed by atoms with van der Waals surface area (Å²) < 4.78 is 32.0. The Morgan fingerprint density at radius 2 is 2.16 bits per heavy atom. The van der Waals surface area contributed by atoms with Gasteiger partial charge in [0.15, 0.2) is 0 Å². The summed E-state index contributed by atoms with van der Waals surface area (Å²) in [5, 5.41) is 2.85. The predicted octanol–water partition coefficient (Wildman–Crippen LogP) is 1.37. The molecule has 0 aromatic rings. The van der Waals surface area contributed by atoms with Crippen LogP contribution in [0.2, 0.25) is 0 Å². The number of fused-ring (bicyclic) bond motifs is 2. The molecule has 19 heavy (non-hydrogen) atoms. The van der Waals surface area contributed by atoms with Gasteiger partial charge in [0.25, 0.3) is 10.1 Å². The number of hydrogen-bond acceptors (Lipinski definition) is 3. The van der Waals surface area contributed by atoms with E-state index in [2.05, 4.69) is 11.9 Å². The molecule has 0 aromatic carbocycles. The SMILES string of the molecule is C=CC(=O)N[C@@H]1C[C@H]2CC[C@]1(CS(=O)(=O)O)C2(C)C. The van der Waals surface area contributed by atoms with Gasteiger partial charge in [-0.15, -0.1) is 0 Å². The Morgan fingerprint density at radius 3 is 2.63 bits per heavy atom. The van der Waals surface area contributed by atoms with Crippen LogP contribution in [0.3, 0.4) is 0 Å². The fourth-order valence-electron chi connectivity index (χ4n) is 4.18. The highest BCUT2D eigenvalue weighted by atomic mass is 32.2. The molecule has 0 radical (unpaired) electrons. The molecular formula is C13H21NO4S. The monoisotopic (exact) mass is 287 g/mol. The molecule has 0 saturated heterocycles. The normalized spacial score (nSPS) is 36.2. The van der Waals surface area contributed by atoms with E-state index in [-0.39, 0.29) is 23.1 Å². The molecule has 2 aliphatic rings. The molecule has 5 nitrogen and oxygen atoms in total. The minimum absolute atomic E-state index is 0.206. The molecule has 6 heteroatoms. The van der Waals surface area contributed by atoms with Crippen LogP contribution in [-0.4, -0.2) is 30.7 Å². The molecule has 0 aromatic heterocycles. The summed E-state index contributed by atoms with van der Waals surface area (Å²) in [4.78, 5) is 11.5. The van der Waals surface area contributed by atoms with Gasteiger partial charge in [0, 0.05) is 11.5 Å². The molecule has 2 saturated carbocycles. The van der Waals surface area contributed by atoms with Crippen LogP contribution in [0.25, 0.3) is 0 Å². The Bertz CT molecular complexity index is 511. The minimum atomic E-state index is -4.08. The van der Waals surface area contributed by atoms with Crippen molar-refractivity contribution < 1.29 is 17.8 Å². The Hall–Kier alpha value is -0.880. The summed E-state index contributed by atoms with van der Waals surface area (Å²) in [5.74, 6) is -0.196. The molecule has 2 fully saturated rings. The summed E-state index contributed by atoms with van der Waals surface area (Å²) in [6.45, 7) is 7.49. The highest BCUT2D eigenvalue weighted by Gasteiger charge is 2.65. The molecule has 0 unspecified atom stereocenters. The molecule has 0 aliphatic heterocycles.